The Balaban J connectivity index is 0.00000272. The fraction of sp³-hybridized carbons (Fsp3) is 0.0435. The van der Waals surface area contributed by atoms with Gasteiger partial charge in [-0.1, -0.05) is 54.6 Å². The quantitative estimate of drug-likeness (QED) is 0.376. The van der Waals surface area contributed by atoms with E-state index in [1.54, 1.807) is 30.5 Å². The molecule has 0 saturated heterocycles. The summed E-state index contributed by atoms with van der Waals surface area (Å²) < 4.78 is 35.3. The number of benzene rings is 3. The molecular formula is C23H18FN2NaO3S. The molecule has 0 bridgehead atoms. The van der Waals surface area contributed by atoms with E-state index in [1.807, 2.05) is 30.3 Å². The van der Waals surface area contributed by atoms with E-state index in [0.717, 1.165) is 5.56 Å². The molecule has 0 aliphatic heterocycles. The van der Waals surface area contributed by atoms with E-state index in [0.29, 0.717) is 28.8 Å². The molecule has 0 aliphatic carbocycles. The van der Waals surface area contributed by atoms with Crippen molar-refractivity contribution < 1.29 is 13.2 Å². The van der Waals surface area contributed by atoms with Gasteiger partial charge in [-0.05, 0) is 41.0 Å². The molecule has 1 atom stereocenters. The Hall–Kier alpha value is -2.42. The Morgan fingerprint density at radius 2 is 1.52 bits per heavy atom. The van der Waals surface area contributed by atoms with Crippen molar-refractivity contribution in [3.63, 3.8) is 0 Å². The van der Waals surface area contributed by atoms with Gasteiger partial charge >= 0.3 is 29.6 Å². The average Bonchev–Trinajstić information content (AvgIpc) is 2.76. The van der Waals surface area contributed by atoms with Crippen molar-refractivity contribution >= 4 is 40.6 Å². The molecule has 0 radical (unpaired) electrons. The molecule has 3 aromatic carbocycles. The van der Waals surface area contributed by atoms with Gasteiger partial charge in [-0.25, -0.2) is 13.3 Å². The predicted molar refractivity (Wildman–Crippen MR) is 121 cm³/mol. The fourth-order valence-corrected chi connectivity index (χ4v) is 3.59. The maximum absolute atomic E-state index is 13.5. The average molecular weight is 444 g/mol. The third-order valence-corrected chi connectivity index (χ3v) is 5.39. The summed E-state index contributed by atoms with van der Waals surface area (Å²) in [4.78, 5) is 13.6. The summed E-state index contributed by atoms with van der Waals surface area (Å²) in [5.41, 5.74) is 2.80. The molecule has 0 amide bonds. The standard InChI is InChI=1S/C23H17FN2O3S.Na.H/c24-19-10-6-18(7-11-19)22-21(17-8-12-20(13-9-17)30(28)29)14-25-26(23(22)27)15-16-4-2-1-3-5-16;;/h1-14H,15H2,(H,28,29);;. The second kappa shape index (κ2) is 10.3. The third kappa shape index (κ3) is 5.26. The van der Waals surface area contributed by atoms with E-state index in [-0.39, 0.29) is 40.0 Å². The van der Waals surface area contributed by atoms with Crippen molar-refractivity contribution in [1.82, 2.24) is 9.78 Å². The van der Waals surface area contributed by atoms with Crippen LogP contribution in [-0.4, -0.2) is 48.1 Å². The first-order chi connectivity index (χ1) is 14.5. The zero-order valence-electron chi connectivity index (χ0n) is 15.7. The molecule has 0 saturated carbocycles. The van der Waals surface area contributed by atoms with Crippen LogP contribution in [0.2, 0.25) is 0 Å². The van der Waals surface area contributed by atoms with Crippen molar-refractivity contribution in [2.24, 2.45) is 0 Å². The van der Waals surface area contributed by atoms with Crippen LogP contribution in [0.15, 0.2) is 94.7 Å². The van der Waals surface area contributed by atoms with E-state index in [2.05, 4.69) is 5.10 Å². The zero-order chi connectivity index (χ0) is 21.1. The van der Waals surface area contributed by atoms with Crippen LogP contribution in [0.5, 0.6) is 0 Å². The fourth-order valence-electron chi connectivity index (χ4n) is 3.22. The van der Waals surface area contributed by atoms with Crippen molar-refractivity contribution in [2.75, 3.05) is 0 Å². The van der Waals surface area contributed by atoms with Gasteiger partial charge in [0.1, 0.15) is 5.82 Å². The first-order valence-electron chi connectivity index (χ1n) is 9.14. The maximum atomic E-state index is 13.5. The van der Waals surface area contributed by atoms with Crippen LogP contribution in [0.25, 0.3) is 22.3 Å². The van der Waals surface area contributed by atoms with Gasteiger partial charge in [0.05, 0.1) is 23.2 Å². The molecular weight excluding hydrogens is 426 g/mol. The molecule has 31 heavy (non-hydrogen) atoms. The second-order valence-electron chi connectivity index (χ2n) is 6.66. The first-order valence-corrected chi connectivity index (χ1v) is 10.2. The van der Waals surface area contributed by atoms with E-state index >= 15 is 0 Å². The number of rotatable bonds is 5. The van der Waals surface area contributed by atoms with Gasteiger partial charge in [0.25, 0.3) is 5.56 Å². The molecule has 4 aromatic rings. The Morgan fingerprint density at radius 3 is 2.13 bits per heavy atom. The van der Waals surface area contributed by atoms with Gasteiger partial charge in [-0.15, -0.1) is 0 Å². The second-order valence-corrected chi connectivity index (χ2v) is 7.63. The van der Waals surface area contributed by atoms with Gasteiger partial charge in [0, 0.05) is 5.56 Å². The van der Waals surface area contributed by atoms with Gasteiger partial charge in [0.2, 0.25) is 0 Å². The minimum atomic E-state index is -2.09. The Labute approximate surface area is 203 Å². The normalized spacial score (nSPS) is 11.5. The summed E-state index contributed by atoms with van der Waals surface area (Å²) in [5, 5.41) is 4.33. The molecule has 5 nitrogen and oxygen atoms in total. The molecule has 1 unspecified atom stereocenters. The Bertz CT molecular complexity index is 1260. The minimum absolute atomic E-state index is 0. The zero-order valence-corrected chi connectivity index (χ0v) is 16.6. The van der Waals surface area contributed by atoms with Crippen LogP contribution in [0.1, 0.15) is 5.56 Å². The van der Waals surface area contributed by atoms with E-state index < -0.39 is 16.9 Å². The first kappa shape index (κ1) is 23.2. The number of aromatic nitrogens is 2. The van der Waals surface area contributed by atoms with Gasteiger partial charge < -0.3 is 4.55 Å². The van der Waals surface area contributed by atoms with Gasteiger partial charge in [0.15, 0.2) is 11.1 Å². The summed E-state index contributed by atoms with van der Waals surface area (Å²) in [6.07, 6.45) is 1.59. The molecule has 4 rings (SSSR count). The summed E-state index contributed by atoms with van der Waals surface area (Å²) in [7, 11) is 0. The molecule has 1 aromatic heterocycles. The van der Waals surface area contributed by atoms with Crippen LogP contribution in [-0.2, 0) is 17.6 Å². The molecule has 0 spiro atoms. The summed E-state index contributed by atoms with van der Waals surface area (Å²) >= 11 is -2.09. The number of halogens is 1. The Morgan fingerprint density at radius 1 is 0.903 bits per heavy atom. The van der Waals surface area contributed by atoms with Gasteiger partial charge in [-0.3, -0.25) is 4.79 Å². The summed E-state index contributed by atoms with van der Waals surface area (Å²) in [5.74, 6) is -0.395. The topological polar surface area (TPSA) is 72.2 Å². The number of nitrogens with zero attached hydrogens (tertiary/aromatic N) is 2. The van der Waals surface area contributed by atoms with Crippen LogP contribution in [0, 0.1) is 5.82 Å². The molecule has 0 aliphatic rings. The molecule has 1 heterocycles. The van der Waals surface area contributed by atoms with Crippen LogP contribution in [0.3, 0.4) is 0 Å². The van der Waals surface area contributed by atoms with Crippen LogP contribution in [0.4, 0.5) is 4.39 Å². The van der Waals surface area contributed by atoms with Crippen molar-refractivity contribution in [3.05, 3.63) is 107 Å². The predicted octanol–water partition coefficient (Wildman–Crippen LogP) is 3.70. The van der Waals surface area contributed by atoms with Crippen LogP contribution < -0.4 is 5.56 Å². The number of hydrogen-bond donors (Lipinski definition) is 1. The summed E-state index contributed by atoms with van der Waals surface area (Å²) in [6, 6.07) is 21.6. The molecule has 0 fully saturated rings. The van der Waals surface area contributed by atoms with E-state index in [4.69, 9.17) is 0 Å². The molecule has 8 heteroatoms. The van der Waals surface area contributed by atoms with E-state index in [9.17, 15) is 17.9 Å². The monoisotopic (exact) mass is 444 g/mol. The van der Waals surface area contributed by atoms with Crippen molar-refractivity contribution in [1.29, 1.82) is 0 Å². The summed E-state index contributed by atoms with van der Waals surface area (Å²) in [6.45, 7) is 0.302. The molecule has 1 N–H and O–H groups in total. The third-order valence-electron chi connectivity index (χ3n) is 4.72. The van der Waals surface area contributed by atoms with Crippen molar-refractivity contribution in [2.45, 2.75) is 11.4 Å². The van der Waals surface area contributed by atoms with E-state index in [1.165, 1.54) is 28.9 Å². The Kier molecular flexibility index (Phi) is 7.69. The molecule has 152 valence electrons. The van der Waals surface area contributed by atoms with Crippen LogP contribution >= 0.6 is 0 Å². The van der Waals surface area contributed by atoms with Crippen molar-refractivity contribution in [3.8, 4) is 22.3 Å². The SMILES string of the molecule is O=c1c(-c2ccc(F)cc2)c(-c2ccc(S(=O)O)cc2)cnn1Cc1ccccc1.[NaH]. The van der Waals surface area contributed by atoms with Gasteiger partial charge in [-0.2, -0.15) is 5.10 Å². The number of hydrogen-bond acceptors (Lipinski definition) is 3.